The SMILES string of the molecule is C=CCNC(=O)/C(C#N)=C\c1ccc(OC(=O)/C=C/c2cc(Br)c(OCc3ccccc3)c(OC)c2)c(OC)c1. The Kier molecular flexibility index (Phi) is 11.1. The Morgan fingerprint density at radius 1 is 1.00 bits per heavy atom. The second-order valence-corrected chi connectivity index (χ2v) is 9.00. The molecule has 9 heteroatoms. The van der Waals surface area contributed by atoms with Crippen LogP contribution < -0.4 is 24.3 Å². The zero-order valence-corrected chi connectivity index (χ0v) is 23.6. The first-order valence-electron chi connectivity index (χ1n) is 12.0. The number of amides is 1. The van der Waals surface area contributed by atoms with E-state index in [9.17, 15) is 14.9 Å². The molecular weight excluding hydrogens is 576 g/mol. The lowest BCUT2D eigenvalue weighted by Gasteiger charge is -2.13. The number of carbonyl (C=O) groups excluding carboxylic acids is 2. The summed E-state index contributed by atoms with van der Waals surface area (Å²) in [7, 11) is 2.96. The third kappa shape index (κ3) is 8.35. The van der Waals surface area contributed by atoms with E-state index in [0.29, 0.717) is 33.7 Å². The Morgan fingerprint density at radius 3 is 2.40 bits per heavy atom. The number of rotatable bonds is 12. The van der Waals surface area contributed by atoms with Gasteiger partial charge < -0.3 is 24.3 Å². The standard InChI is InChI=1S/C31H27BrN2O6/c1-4-14-34-31(36)24(19-33)15-22-10-12-26(27(17-22)37-2)40-29(35)13-11-23-16-25(32)30(28(18-23)38-3)39-20-21-8-6-5-7-9-21/h4-13,15-18H,1,14,20H2,2-3H3,(H,34,36)/b13-11+,24-15-. The van der Waals surface area contributed by atoms with Crippen LogP contribution in [0.2, 0.25) is 0 Å². The lowest BCUT2D eigenvalue weighted by atomic mass is 10.1. The number of benzene rings is 3. The molecule has 0 unspecified atom stereocenters. The molecule has 0 aliphatic heterocycles. The van der Waals surface area contributed by atoms with E-state index in [-0.39, 0.29) is 23.6 Å². The van der Waals surface area contributed by atoms with Crippen LogP contribution in [-0.4, -0.2) is 32.6 Å². The van der Waals surface area contributed by atoms with Crippen LogP contribution in [0.4, 0.5) is 0 Å². The molecule has 0 aliphatic carbocycles. The number of hydrogen-bond acceptors (Lipinski definition) is 7. The number of carbonyl (C=O) groups is 2. The first kappa shape index (κ1) is 29.7. The number of hydrogen-bond donors (Lipinski definition) is 1. The predicted molar refractivity (Wildman–Crippen MR) is 156 cm³/mol. The van der Waals surface area contributed by atoms with Gasteiger partial charge in [-0.25, -0.2) is 4.79 Å². The van der Waals surface area contributed by atoms with Crippen molar-refractivity contribution in [3.63, 3.8) is 0 Å². The zero-order valence-electron chi connectivity index (χ0n) is 22.0. The van der Waals surface area contributed by atoms with Crippen LogP contribution in [0.5, 0.6) is 23.0 Å². The summed E-state index contributed by atoms with van der Waals surface area (Å²) in [6.45, 7) is 4.13. The van der Waals surface area contributed by atoms with Gasteiger partial charge in [0, 0.05) is 12.6 Å². The Hall–Kier alpha value is -4.81. The number of ether oxygens (including phenoxy) is 4. The fourth-order valence-corrected chi connectivity index (χ4v) is 4.02. The number of nitrogens with one attached hydrogen (secondary N) is 1. The summed E-state index contributed by atoms with van der Waals surface area (Å²) in [5, 5.41) is 11.9. The van der Waals surface area contributed by atoms with E-state index in [1.165, 1.54) is 38.5 Å². The zero-order chi connectivity index (χ0) is 28.9. The lowest BCUT2D eigenvalue weighted by molar-refractivity contribution is -0.129. The van der Waals surface area contributed by atoms with Crippen LogP contribution in [-0.2, 0) is 16.2 Å². The molecular formula is C31H27BrN2O6. The highest BCUT2D eigenvalue weighted by atomic mass is 79.9. The van der Waals surface area contributed by atoms with Gasteiger partial charge in [0.15, 0.2) is 23.0 Å². The molecule has 1 N–H and O–H groups in total. The van der Waals surface area contributed by atoms with Crippen molar-refractivity contribution in [3.8, 4) is 29.1 Å². The normalized spacial score (nSPS) is 10.9. The van der Waals surface area contributed by atoms with E-state index < -0.39 is 11.9 Å². The van der Waals surface area contributed by atoms with Gasteiger partial charge in [0.05, 0.1) is 18.7 Å². The molecule has 40 heavy (non-hydrogen) atoms. The highest BCUT2D eigenvalue weighted by Gasteiger charge is 2.14. The number of methoxy groups -OCH3 is 2. The van der Waals surface area contributed by atoms with Gasteiger partial charge in [-0.2, -0.15) is 5.26 Å². The van der Waals surface area contributed by atoms with E-state index in [1.807, 2.05) is 36.4 Å². The maximum Gasteiger partial charge on any atom is 0.336 e. The fraction of sp³-hybridized carbons (Fsp3) is 0.129. The summed E-state index contributed by atoms with van der Waals surface area (Å²) in [4.78, 5) is 24.7. The van der Waals surface area contributed by atoms with Crippen molar-refractivity contribution in [2.75, 3.05) is 20.8 Å². The molecule has 3 rings (SSSR count). The van der Waals surface area contributed by atoms with Gasteiger partial charge in [-0.15, -0.1) is 6.58 Å². The van der Waals surface area contributed by atoms with Gasteiger partial charge in [0.2, 0.25) is 0 Å². The summed E-state index contributed by atoms with van der Waals surface area (Å²) >= 11 is 3.52. The third-order valence-corrected chi connectivity index (χ3v) is 5.96. The van der Waals surface area contributed by atoms with Crippen LogP contribution in [0.3, 0.4) is 0 Å². The van der Waals surface area contributed by atoms with Gasteiger partial charge in [-0.3, -0.25) is 4.79 Å². The monoisotopic (exact) mass is 602 g/mol. The van der Waals surface area contributed by atoms with Crippen molar-refractivity contribution in [1.82, 2.24) is 5.32 Å². The van der Waals surface area contributed by atoms with Crippen molar-refractivity contribution >= 4 is 40.0 Å². The summed E-state index contributed by atoms with van der Waals surface area (Å²) in [6, 6.07) is 19.8. The van der Waals surface area contributed by atoms with E-state index in [2.05, 4.69) is 27.8 Å². The number of halogens is 1. The Labute approximate surface area is 241 Å². The molecule has 3 aromatic carbocycles. The van der Waals surface area contributed by atoms with Crippen LogP contribution >= 0.6 is 15.9 Å². The highest BCUT2D eigenvalue weighted by Crippen LogP contribution is 2.37. The Balaban J connectivity index is 1.71. The van der Waals surface area contributed by atoms with Gasteiger partial charge in [0.1, 0.15) is 18.2 Å². The maximum atomic E-state index is 12.6. The molecule has 0 saturated heterocycles. The minimum atomic E-state index is -0.636. The summed E-state index contributed by atoms with van der Waals surface area (Å²) < 4.78 is 22.9. The van der Waals surface area contributed by atoms with Crippen LogP contribution in [0.15, 0.2) is 89.4 Å². The van der Waals surface area contributed by atoms with Crippen molar-refractivity contribution < 1.29 is 28.5 Å². The summed E-state index contributed by atoms with van der Waals surface area (Å²) in [5.41, 5.74) is 2.12. The van der Waals surface area contributed by atoms with Gasteiger partial charge in [-0.1, -0.05) is 42.5 Å². The average Bonchev–Trinajstić information content (AvgIpc) is 2.97. The van der Waals surface area contributed by atoms with Crippen LogP contribution in [0.25, 0.3) is 12.2 Å². The molecule has 204 valence electrons. The Morgan fingerprint density at radius 2 is 1.73 bits per heavy atom. The number of esters is 1. The minimum Gasteiger partial charge on any atom is -0.493 e. The third-order valence-electron chi connectivity index (χ3n) is 5.37. The van der Waals surface area contributed by atoms with Crippen molar-refractivity contribution in [1.29, 1.82) is 5.26 Å². The molecule has 3 aromatic rings. The smallest absolute Gasteiger partial charge is 0.336 e. The molecule has 0 saturated carbocycles. The molecule has 0 bridgehead atoms. The molecule has 0 fully saturated rings. The minimum absolute atomic E-state index is 0.0883. The van der Waals surface area contributed by atoms with Gasteiger partial charge >= 0.3 is 5.97 Å². The molecule has 0 aliphatic rings. The van der Waals surface area contributed by atoms with E-state index in [1.54, 1.807) is 30.3 Å². The van der Waals surface area contributed by atoms with Crippen molar-refractivity contribution in [2.24, 2.45) is 0 Å². The van der Waals surface area contributed by atoms with E-state index >= 15 is 0 Å². The second-order valence-electron chi connectivity index (χ2n) is 8.14. The van der Waals surface area contributed by atoms with Crippen molar-refractivity contribution in [3.05, 3.63) is 106 Å². The fourth-order valence-electron chi connectivity index (χ4n) is 3.45. The average molecular weight is 603 g/mol. The van der Waals surface area contributed by atoms with Crippen molar-refractivity contribution in [2.45, 2.75) is 6.61 Å². The summed E-state index contributed by atoms with van der Waals surface area (Å²) in [5.74, 6) is 0.306. The molecule has 0 atom stereocenters. The topological polar surface area (TPSA) is 107 Å². The first-order chi connectivity index (χ1) is 19.4. The largest absolute Gasteiger partial charge is 0.493 e. The molecule has 0 aromatic heterocycles. The first-order valence-corrected chi connectivity index (χ1v) is 12.8. The van der Waals surface area contributed by atoms with Crippen LogP contribution in [0, 0.1) is 11.3 Å². The predicted octanol–water partition coefficient (Wildman–Crippen LogP) is 5.87. The number of nitrogens with zero attached hydrogens (tertiary/aromatic N) is 1. The molecule has 1 amide bonds. The molecule has 0 spiro atoms. The maximum absolute atomic E-state index is 12.6. The quantitative estimate of drug-likeness (QED) is 0.0907. The Bertz CT molecular complexity index is 1480. The molecule has 8 nitrogen and oxygen atoms in total. The van der Waals surface area contributed by atoms with Crippen LogP contribution in [0.1, 0.15) is 16.7 Å². The molecule has 0 heterocycles. The number of nitriles is 1. The molecule has 0 radical (unpaired) electrons. The lowest BCUT2D eigenvalue weighted by Crippen LogP contribution is -2.24. The van der Waals surface area contributed by atoms with E-state index in [0.717, 1.165) is 5.56 Å². The van der Waals surface area contributed by atoms with E-state index in [4.69, 9.17) is 18.9 Å². The summed E-state index contributed by atoms with van der Waals surface area (Å²) in [6.07, 6.45) is 5.78. The second kappa shape index (κ2) is 15.0. The van der Waals surface area contributed by atoms with Gasteiger partial charge in [-0.05, 0) is 69.0 Å². The van der Waals surface area contributed by atoms with Gasteiger partial charge in [0.25, 0.3) is 5.91 Å². The highest BCUT2D eigenvalue weighted by molar-refractivity contribution is 9.10.